The Morgan fingerprint density at radius 1 is 0.500 bits per heavy atom. The Labute approximate surface area is 276 Å². The lowest BCUT2D eigenvalue weighted by molar-refractivity contribution is 0.111. The molecule has 2 N–H and O–H groups in total. The fraction of sp³-hybridized carbons (Fsp3) is 0.514. The molecule has 0 saturated carbocycles. The van der Waals surface area contributed by atoms with Crippen LogP contribution in [0.25, 0.3) is 0 Å². The monoisotopic (exact) mass is 637 g/mol. The van der Waals surface area contributed by atoms with E-state index in [1.807, 2.05) is 0 Å². The first-order valence-corrected chi connectivity index (χ1v) is 16.3. The number of aliphatic hydroxyl groups excluding tert-OH is 2. The molecule has 0 aliphatic rings. The summed E-state index contributed by atoms with van der Waals surface area (Å²) in [6, 6.07) is 26.5. The average Bonchev–Trinajstić information content (AvgIpc) is 3.08. The van der Waals surface area contributed by atoms with Crippen molar-refractivity contribution in [1.29, 1.82) is 0 Å². The van der Waals surface area contributed by atoms with Crippen molar-refractivity contribution in [2.45, 2.75) is 18.8 Å². The fourth-order valence-corrected chi connectivity index (χ4v) is 5.33. The van der Waals surface area contributed by atoms with Crippen molar-refractivity contribution >= 4 is 17.1 Å². The Kier molecular flexibility index (Phi) is 17.5. The number of aliphatic hydroxyl groups is 2. The molecule has 46 heavy (non-hydrogen) atoms. The van der Waals surface area contributed by atoms with Gasteiger partial charge in [0.25, 0.3) is 0 Å². The first kappa shape index (κ1) is 37.3. The molecule has 0 amide bonds. The van der Waals surface area contributed by atoms with Crippen LogP contribution < -0.4 is 14.7 Å². The van der Waals surface area contributed by atoms with Gasteiger partial charge in [0.05, 0.1) is 26.4 Å². The van der Waals surface area contributed by atoms with Crippen molar-refractivity contribution in [1.82, 2.24) is 0 Å². The summed E-state index contributed by atoms with van der Waals surface area (Å²) in [5.41, 5.74) is 7.07. The van der Waals surface area contributed by atoms with E-state index < -0.39 is 0 Å². The number of anilines is 3. The highest BCUT2D eigenvalue weighted by Crippen LogP contribution is 2.35. The molecule has 0 fully saturated rings. The van der Waals surface area contributed by atoms with Gasteiger partial charge in [-0.15, -0.1) is 0 Å². The normalized spacial score (nSPS) is 11.9. The molecule has 0 aliphatic carbocycles. The molecule has 3 aromatic carbocycles. The van der Waals surface area contributed by atoms with Gasteiger partial charge >= 0.3 is 0 Å². The van der Waals surface area contributed by atoms with Crippen molar-refractivity contribution < 1.29 is 29.2 Å². The van der Waals surface area contributed by atoms with Crippen molar-refractivity contribution in [3.05, 3.63) is 89.5 Å². The number of methoxy groups -OCH3 is 2. The molecular formula is C37H55N3O6. The SMILES string of the molecule is COCCN(CCOC)c1ccc(C(c2ccc(N(C)C)cc2)c2ccc(N(CCOCCCO)CCOCCCO)cc2)cc1. The van der Waals surface area contributed by atoms with Gasteiger partial charge in [0.1, 0.15) is 0 Å². The van der Waals surface area contributed by atoms with E-state index >= 15 is 0 Å². The third kappa shape index (κ3) is 12.2. The maximum Gasteiger partial charge on any atom is 0.0641 e. The predicted octanol–water partition coefficient (Wildman–Crippen LogP) is 4.64. The predicted molar refractivity (Wildman–Crippen MR) is 188 cm³/mol. The standard InChI is InChI=1S/C37H55N3O6/c1-38(2)34-13-7-31(8-14-34)37(32-9-15-35(16-10-32)39(19-27-43-3)20-28-44-4)33-11-17-36(18-12-33)40(21-29-45-25-5-23-41)22-30-46-26-6-24-42/h7-18,37,41-42H,5-6,19-30H2,1-4H3. The van der Waals surface area contributed by atoms with Gasteiger partial charge in [0, 0.05) is 104 Å². The molecule has 0 radical (unpaired) electrons. The quantitative estimate of drug-likeness (QED) is 0.108. The zero-order valence-corrected chi connectivity index (χ0v) is 28.3. The number of ether oxygens (including phenoxy) is 4. The number of hydrogen-bond donors (Lipinski definition) is 2. The van der Waals surface area contributed by atoms with Gasteiger partial charge in [-0.2, -0.15) is 0 Å². The summed E-state index contributed by atoms with van der Waals surface area (Å²) in [7, 11) is 7.58. The van der Waals surface area contributed by atoms with Crippen LogP contribution in [0.5, 0.6) is 0 Å². The molecular weight excluding hydrogens is 582 g/mol. The van der Waals surface area contributed by atoms with E-state index in [9.17, 15) is 0 Å². The maximum absolute atomic E-state index is 9.07. The lowest BCUT2D eigenvalue weighted by Gasteiger charge is -2.27. The second-order valence-corrected chi connectivity index (χ2v) is 11.4. The van der Waals surface area contributed by atoms with Gasteiger partial charge < -0.3 is 43.9 Å². The molecule has 1 unspecified atom stereocenters. The minimum absolute atomic E-state index is 0.0581. The molecule has 9 heteroatoms. The molecule has 0 spiro atoms. The van der Waals surface area contributed by atoms with E-state index in [1.54, 1.807) is 14.2 Å². The summed E-state index contributed by atoms with van der Waals surface area (Å²) in [6.07, 6.45) is 1.27. The van der Waals surface area contributed by atoms with Gasteiger partial charge in [-0.25, -0.2) is 0 Å². The van der Waals surface area contributed by atoms with Crippen LogP contribution in [0.1, 0.15) is 35.4 Å². The van der Waals surface area contributed by atoms with Crippen LogP contribution in [0.4, 0.5) is 17.1 Å². The van der Waals surface area contributed by atoms with Crippen molar-refractivity contribution in [3.8, 4) is 0 Å². The van der Waals surface area contributed by atoms with Crippen molar-refractivity contribution in [2.24, 2.45) is 0 Å². The second-order valence-electron chi connectivity index (χ2n) is 11.4. The number of nitrogens with zero attached hydrogens (tertiary/aromatic N) is 3. The highest BCUT2D eigenvalue weighted by Gasteiger charge is 2.19. The smallest absolute Gasteiger partial charge is 0.0641 e. The zero-order chi connectivity index (χ0) is 33.0. The molecule has 0 bridgehead atoms. The summed E-state index contributed by atoms with van der Waals surface area (Å²) in [6.45, 7) is 6.81. The largest absolute Gasteiger partial charge is 0.396 e. The third-order valence-electron chi connectivity index (χ3n) is 7.96. The van der Waals surface area contributed by atoms with E-state index in [0.717, 1.165) is 30.2 Å². The van der Waals surface area contributed by atoms with E-state index in [1.165, 1.54) is 16.7 Å². The van der Waals surface area contributed by atoms with Crippen LogP contribution in [0.3, 0.4) is 0 Å². The Bertz CT molecular complexity index is 1170. The van der Waals surface area contributed by atoms with Crippen LogP contribution in [-0.2, 0) is 18.9 Å². The van der Waals surface area contributed by atoms with Crippen molar-refractivity contribution in [2.75, 3.05) is 122 Å². The Morgan fingerprint density at radius 3 is 1.17 bits per heavy atom. The second kappa shape index (κ2) is 21.6. The van der Waals surface area contributed by atoms with E-state index in [0.29, 0.717) is 65.6 Å². The molecule has 0 aliphatic heterocycles. The van der Waals surface area contributed by atoms with Crippen LogP contribution in [0.15, 0.2) is 72.8 Å². The third-order valence-corrected chi connectivity index (χ3v) is 7.96. The van der Waals surface area contributed by atoms with Crippen LogP contribution in [0, 0.1) is 0 Å². The lowest BCUT2D eigenvalue weighted by Crippen LogP contribution is -2.31. The molecule has 3 aromatic rings. The first-order chi connectivity index (χ1) is 22.5. The lowest BCUT2D eigenvalue weighted by atomic mass is 9.85. The summed E-state index contributed by atoms with van der Waals surface area (Å²) >= 11 is 0. The molecule has 0 heterocycles. The van der Waals surface area contributed by atoms with Gasteiger partial charge in [-0.1, -0.05) is 36.4 Å². The van der Waals surface area contributed by atoms with Gasteiger partial charge in [-0.05, 0) is 65.9 Å². The maximum atomic E-state index is 9.07. The first-order valence-electron chi connectivity index (χ1n) is 16.3. The summed E-state index contributed by atoms with van der Waals surface area (Å²) in [4.78, 5) is 6.68. The molecule has 1 atom stereocenters. The number of hydrogen-bond acceptors (Lipinski definition) is 9. The van der Waals surface area contributed by atoms with Gasteiger partial charge in [0.15, 0.2) is 0 Å². The van der Waals surface area contributed by atoms with E-state index in [-0.39, 0.29) is 19.1 Å². The number of rotatable bonds is 24. The Morgan fingerprint density at radius 2 is 0.848 bits per heavy atom. The summed E-state index contributed by atoms with van der Waals surface area (Å²) in [5, 5.41) is 18.1. The minimum Gasteiger partial charge on any atom is -0.396 e. The average molecular weight is 638 g/mol. The van der Waals surface area contributed by atoms with E-state index in [4.69, 9.17) is 29.2 Å². The highest BCUT2D eigenvalue weighted by molar-refractivity contribution is 5.56. The molecule has 0 aromatic heterocycles. The van der Waals surface area contributed by atoms with Crippen LogP contribution >= 0.6 is 0 Å². The minimum atomic E-state index is 0.0581. The molecule has 9 nitrogen and oxygen atoms in total. The van der Waals surface area contributed by atoms with Crippen LogP contribution in [0.2, 0.25) is 0 Å². The van der Waals surface area contributed by atoms with Crippen LogP contribution in [-0.4, -0.2) is 118 Å². The Hall–Kier alpha value is -3.18. The van der Waals surface area contributed by atoms with Crippen molar-refractivity contribution in [3.63, 3.8) is 0 Å². The van der Waals surface area contributed by atoms with E-state index in [2.05, 4.69) is 102 Å². The highest BCUT2D eigenvalue weighted by atomic mass is 16.5. The summed E-state index contributed by atoms with van der Waals surface area (Å²) in [5.74, 6) is 0.0581. The molecule has 0 saturated heterocycles. The Balaban J connectivity index is 1.88. The number of benzene rings is 3. The molecule has 254 valence electrons. The topological polar surface area (TPSA) is 87.1 Å². The van der Waals surface area contributed by atoms with Gasteiger partial charge in [-0.3, -0.25) is 0 Å². The fourth-order valence-electron chi connectivity index (χ4n) is 5.33. The zero-order valence-electron chi connectivity index (χ0n) is 28.3. The summed E-state index contributed by atoms with van der Waals surface area (Å²) < 4.78 is 22.2. The van der Waals surface area contributed by atoms with Gasteiger partial charge in [0.2, 0.25) is 0 Å². The molecule has 3 rings (SSSR count).